The standard InChI is InChI=1S/C11H12ClN3O2.C11H13N3O3.C2H3N.Cl3OP/c1-2-17-11(16)9-6-10(12)14-15(9)8-4-3-5-13-7-8;1-2-17-11(16)9-6-10(15)13-14(9)8-4-3-5-12-7-8;1-2-3;1-5(2,3)4/h3-5,7,9H,2,6H2,1H3;3-5,7,9H,2,6H2,1H3,(H,13,15);1H3;. The first-order valence-corrected chi connectivity index (χ1v) is 16.9. The fourth-order valence-corrected chi connectivity index (χ4v) is 3.54. The van der Waals surface area contributed by atoms with E-state index in [1.54, 1.807) is 67.9 Å². The largest absolute Gasteiger partial charge is 0.464 e. The van der Waals surface area contributed by atoms with Crippen molar-refractivity contribution in [3.05, 3.63) is 49.1 Å². The van der Waals surface area contributed by atoms with Crippen molar-refractivity contribution in [1.29, 1.82) is 5.26 Å². The number of hydrazine groups is 1. The Balaban J connectivity index is 0.000000336. The van der Waals surface area contributed by atoms with Crippen molar-refractivity contribution >= 4 is 84.9 Å². The zero-order chi connectivity index (χ0) is 31.7. The number of ether oxygens (including phenoxy) is 2. The van der Waals surface area contributed by atoms with Crippen LogP contribution in [0.25, 0.3) is 0 Å². The molecule has 1 saturated heterocycles. The molecule has 2 aromatic heterocycles. The van der Waals surface area contributed by atoms with Crippen LogP contribution in [0.2, 0.25) is 0 Å². The number of nitriles is 1. The number of hydrogen-bond acceptors (Lipinski definition) is 12. The van der Waals surface area contributed by atoms with Crippen LogP contribution < -0.4 is 15.4 Å². The van der Waals surface area contributed by atoms with Gasteiger partial charge in [0.1, 0.15) is 5.17 Å². The van der Waals surface area contributed by atoms with Crippen LogP contribution in [0.3, 0.4) is 0 Å². The van der Waals surface area contributed by atoms with Gasteiger partial charge in [0.05, 0.1) is 49.5 Å². The van der Waals surface area contributed by atoms with E-state index < -0.39 is 23.3 Å². The van der Waals surface area contributed by atoms with Crippen LogP contribution >= 0.6 is 50.5 Å². The normalized spacial score (nSPS) is 17.0. The van der Waals surface area contributed by atoms with Gasteiger partial charge in [0, 0.05) is 25.7 Å². The van der Waals surface area contributed by atoms with Gasteiger partial charge in [0.2, 0.25) is 5.91 Å². The molecule has 2 aromatic rings. The summed E-state index contributed by atoms with van der Waals surface area (Å²) in [7, 11) is 0. The Morgan fingerprint density at radius 2 is 1.50 bits per heavy atom. The van der Waals surface area contributed by atoms with Gasteiger partial charge in [-0.3, -0.25) is 29.8 Å². The minimum atomic E-state index is -3.22. The highest BCUT2D eigenvalue weighted by molar-refractivity contribution is 8.24. The minimum absolute atomic E-state index is 0.105. The minimum Gasteiger partial charge on any atom is -0.464 e. The topological polar surface area (TPSA) is 167 Å². The fraction of sp³-hybridized carbons (Fsp3) is 0.375. The third-order valence-electron chi connectivity index (χ3n) is 4.76. The molecule has 2 aliphatic heterocycles. The van der Waals surface area contributed by atoms with Crippen LogP contribution in [-0.2, 0) is 28.4 Å². The number of amides is 1. The van der Waals surface area contributed by atoms with Gasteiger partial charge >= 0.3 is 17.1 Å². The van der Waals surface area contributed by atoms with Gasteiger partial charge in [-0.1, -0.05) is 11.6 Å². The van der Waals surface area contributed by atoms with Gasteiger partial charge in [-0.2, -0.15) is 10.4 Å². The molecule has 0 saturated carbocycles. The Morgan fingerprint density at radius 1 is 1.02 bits per heavy atom. The number of pyridine rings is 2. The zero-order valence-corrected chi connectivity index (χ0v) is 26.6. The second-order valence-electron chi connectivity index (χ2n) is 7.71. The lowest BCUT2D eigenvalue weighted by Gasteiger charge is -2.23. The lowest BCUT2D eigenvalue weighted by Crippen LogP contribution is -2.43. The lowest BCUT2D eigenvalue weighted by molar-refractivity contribution is -0.145. The van der Waals surface area contributed by atoms with Crippen molar-refractivity contribution in [2.75, 3.05) is 23.2 Å². The average molecular weight is 683 g/mol. The third kappa shape index (κ3) is 13.7. The number of halogens is 4. The molecule has 0 radical (unpaired) electrons. The molecule has 13 nitrogen and oxygen atoms in total. The Hall–Kier alpha value is -3.14. The Morgan fingerprint density at radius 3 is 1.95 bits per heavy atom. The summed E-state index contributed by atoms with van der Waals surface area (Å²) in [6.45, 7) is 5.57. The maximum Gasteiger partial charge on any atom is 0.339 e. The smallest absolute Gasteiger partial charge is 0.339 e. The molecular formula is C24H28Cl4N7O6P. The van der Waals surface area contributed by atoms with Crippen molar-refractivity contribution in [1.82, 2.24) is 15.4 Å². The van der Waals surface area contributed by atoms with Crippen molar-refractivity contribution in [3.63, 3.8) is 0 Å². The highest BCUT2D eigenvalue weighted by atomic mass is 36.0. The first-order valence-electron chi connectivity index (χ1n) is 12.1. The molecule has 0 spiro atoms. The van der Waals surface area contributed by atoms with E-state index in [1.807, 2.05) is 6.07 Å². The van der Waals surface area contributed by atoms with Crippen LogP contribution in [0, 0.1) is 11.3 Å². The Kier molecular flexibility index (Phi) is 16.8. The van der Waals surface area contributed by atoms with Crippen LogP contribution in [0.1, 0.15) is 33.6 Å². The lowest BCUT2D eigenvalue weighted by atomic mass is 10.2. The summed E-state index contributed by atoms with van der Waals surface area (Å²) in [5.74, 6) is -0.933. The SMILES string of the molecule is CC#N.CCOC(=O)C1CC(=O)NN1c1cccnc1.CCOC(=O)C1CC(Cl)=NN1c1cccnc1.O=P(Cl)(Cl)Cl. The number of carbonyl (C=O) groups is 3. The Bertz CT molecular complexity index is 1270. The summed E-state index contributed by atoms with van der Waals surface area (Å²) in [6.07, 6.45) is 6.97. The molecule has 1 amide bonds. The monoisotopic (exact) mass is 681 g/mol. The number of anilines is 2. The summed E-state index contributed by atoms with van der Waals surface area (Å²) in [5.41, 5.74) is 4.00. The molecular weight excluding hydrogens is 655 g/mol. The number of hydrogen-bond donors (Lipinski definition) is 1. The number of carbonyl (C=O) groups excluding carboxylic acids is 3. The van der Waals surface area contributed by atoms with Gasteiger partial charge in [-0.15, -0.1) is 0 Å². The highest BCUT2D eigenvalue weighted by Gasteiger charge is 2.37. The fourth-order valence-electron chi connectivity index (χ4n) is 3.31. The van der Waals surface area contributed by atoms with Crippen molar-refractivity contribution in [3.8, 4) is 6.07 Å². The molecule has 0 aromatic carbocycles. The molecule has 4 rings (SSSR count). The van der Waals surface area contributed by atoms with Gasteiger partial charge in [0.15, 0.2) is 12.1 Å². The van der Waals surface area contributed by atoms with E-state index in [-0.39, 0.29) is 18.3 Å². The second-order valence-corrected chi connectivity index (χ2v) is 14.8. The van der Waals surface area contributed by atoms with E-state index >= 15 is 0 Å². The van der Waals surface area contributed by atoms with E-state index in [1.165, 1.54) is 11.9 Å². The predicted molar refractivity (Wildman–Crippen MR) is 161 cm³/mol. The number of rotatable bonds is 6. The van der Waals surface area contributed by atoms with Gasteiger partial charge < -0.3 is 9.47 Å². The maximum atomic E-state index is 11.8. The molecule has 18 heteroatoms. The number of aromatic nitrogens is 2. The van der Waals surface area contributed by atoms with E-state index in [0.29, 0.717) is 30.5 Å². The zero-order valence-electron chi connectivity index (χ0n) is 22.7. The first-order chi connectivity index (χ1) is 19.9. The van der Waals surface area contributed by atoms with Gasteiger partial charge in [-0.05, 0) is 71.8 Å². The van der Waals surface area contributed by atoms with E-state index in [4.69, 9.17) is 26.3 Å². The number of nitrogens with one attached hydrogen (secondary N) is 1. The average Bonchev–Trinajstić information content (AvgIpc) is 3.53. The summed E-state index contributed by atoms with van der Waals surface area (Å²) in [6, 6.07) is 7.74. The summed E-state index contributed by atoms with van der Waals surface area (Å²) < 4.78 is 19.4. The summed E-state index contributed by atoms with van der Waals surface area (Å²) in [5, 5.41) is 11.7. The van der Waals surface area contributed by atoms with Crippen molar-refractivity contribution in [2.45, 2.75) is 45.7 Å². The van der Waals surface area contributed by atoms with E-state index in [2.05, 4.69) is 54.2 Å². The molecule has 0 bridgehead atoms. The molecule has 0 aliphatic carbocycles. The summed E-state index contributed by atoms with van der Waals surface area (Å²) >= 11 is 19.7. The first kappa shape index (κ1) is 36.9. The Labute approximate surface area is 262 Å². The highest BCUT2D eigenvalue weighted by Crippen LogP contribution is 2.61. The van der Waals surface area contributed by atoms with Gasteiger partial charge in [-0.25, -0.2) is 14.6 Å². The molecule has 2 aliphatic rings. The van der Waals surface area contributed by atoms with Gasteiger partial charge in [0.25, 0.3) is 0 Å². The van der Waals surface area contributed by atoms with Crippen molar-refractivity contribution in [2.24, 2.45) is 5.10 Å². The van der Waals surface area contributed by atoms with E-state index in [0.717, 1.165) is 5.69 Å². The molecule has 1 N–H and O–H groups in total. The van der Waals surface area contributed by atoms with Crippen LogP contribution in [-0.4, -0.2) is 58.3 Å². The van der Waals surface area contributed by atoms with Crippen molar-refractivity contribution < 1.29 is 28.4 Å². The second kappa shape index (κ2) is 19.1. The maximum absolute atomic E-state index is 11.8. The number of hydrazone groups is 1. The van der Waals surface area contributed by atoms with Crippen LogP contribution in [0.15, 0.2) is 54.2 Å². The third-order valence-corrected chi connectivity index (χ3v) is 4.99. The predicted octanol–water partition coefficient (Wildman–Crippen LogP) is 5.37. The molecule has 4 heterocycles. The molecule has 228 valence electrons. The quantitative estimate of drug-likeness (QED) is 0.307. The van der Waals surface area contributed by atoms with Crippen LogP contribution in [0.5, 0.6) is 0 Å². The number of nitrogens with zero attached hydrogens (tertiary/aromatic N) is 6. The molecule has 2 atom stereocenters. The summed E-state index contributed by atoms with van der Waals surface area (Å²) in [4.78, 5) is 42.8. The van der Waals surface area contributed by atoms with E-state index in [9.17, 15) is 18.9 Å². The number of esters is 2. The van der Waals surface area contributed by atoms with Crippen LogP contribution in [0.4, 0.5) is 11.4 Å². The molecule has 42 heavy (non-hydrogen) atoms. The molecule has 2 unspecified atom stereocenters. The molecule has 1 fully saturated rings.